The van der Waals surface area contributed by atoms with Crippen LogP contribution in [0, 0.1) is 25.6 Å². The Balaban J connectivity index is 0.000000217. The molecular formula is C52H60N14O8. The fourth-order valence-electron chi connectivity index (χ4n) is 8.26. The second-order valence-corrected chi connectivity index (χ2v) is 17.2. The zero-order chi connectivity index (χ0) is 53.1. The lowest BCUT2D eigenvalue weighted by molar-refractivity contribution is -0.393. The molecule has 0 bridgehead atoms. The van der Waals surface area contributed by atoms with Gasteiger partial charge >= 0.3 is 0 Å². The number of aromatic nitrogens is 4. The van der Waals surface area contributed by atoms with Crippen molar-refractivity contribution >= 4 is 79.3 Å². The number of nitrogens with zero attached hydrogens (tertiary/aromatic N) is 9. The Labute approximate surface area is 426 Å². The average molecular weight is 1010 g/mol. The van der Waals surface area contributed by atoms with Gasteiger partial charge in [-0.3, -0.25) is 25.6 Å². The number of benzene rings is 3. The van der Waals surface area contributed by atoms with Crippen LogP contribution in [0.1, 0.15) is 41.5 Å². The highest BCUT2D eigenvalue weighted by Crippen LogP contribution is 2.42. The lowest BCUT2D eigenvalue weighted by Gasteiger charge is -2.27. The van der Waals surface area contributed by atoms with E-state index in [1.54, 1.807) is 59.4 Å². The fourth-order valence-corrected chi connectivity index (χ4v) is 8.26. The molecule has 0 fully saturated rings. The maximum absolute atomic E-state index is 11.9. The zero-order valence-corrected chi connectivity index (χ0v) is 41.9. The lowest BCUT2D eigenvalue weighted by atomic mass is 10.0. The van der Waals surface area contributed by atoms with Gasteiger partial charge in [0.05, 0.1) is 63.0 Å². The van der Waals surface area contributed by atoms with Crippen molar-refractivity contribution in [3.05, 3.63) is 153 Å². The van der Waals surface area contributed by atoms with E-state index >= 15 is 0 Å². The van der Waals surface area contributed by atoms with Crippen LogP contribution in [0.15, 0.2) is 138 Å². The Morgan fingerprint density at radius 3 is 1.73 bits per heavy atom. The van der Waals surface area contributed by atoms with Crippen molar-refractivity contribution in [1.82, 2.24) is 19.2 Å². The first-order valence-electron chi connectivity index (χ1n) is 23.9. The van der Waals surface area contributed by atoms with E-state index < -0.39 is 21.2 Å². The minimum Gasteiger partial charge on any atom is -0.473 e. The molecule has 4 aromatic heterocycles. The first-order valence-corrected chi connectivity index (χ1v) is 23.9. The molecule has 0 saturated carbocycles. The van der Waals surface area contributed by atoms with Gasteiger partial charge in [-0.2, -0.15) is 0 Å². The molecule has 74 heavy (non-hydrogen) atoms. The first kappa shape index (κ1) is 52.8. The summed E-state index contributed by atoms with van der Waals surface area (Å²) in [6.07, 6.45) is 6.80. The lowest BCUT2D eigenvalue weighted by Crippen LogP contribution is -2.30. The van der Waals surface area contributed by atoms with E-state index in [0.717, 1.165) is 41.7 Å². The van der Waals surface area contributed by atoms with Crippen LogP contribution in [0.2, 0.25) is 0 Å². The van der Waals surface area contributed by atoms with Gasteiger partial charge in [-0.05, 0) is 133 Å². The van der Waals surface area contributed by atoms with E-state index in [1.165, 1.54) is 10.6 Å². The van der Waals surface area contributed by atoms with Gasteiger partial charge in [0.15, 0.2) is 5.69 Å². The first-order chi connectivity index (χ1) is 35.6. The van der Waals surface area contributed by atoms with Gasteiger partial charge in [-0.15, -0.1) is 10.2 Å². The Morgan fingerprint density at radius 2 is 1.20 bits per heavy atom. The maximum atomic E-state index is 11.9. The van der Waals surface area contributed by atoms with Gasteiger partial charge < -0.3 is 51.2 Å². The SMILES string of the molecule is CCN(c1ccc(NC2=CC(=Nc3c(OCCO)nn4ccccc34)C(N)=CC2=N)cc1)C(C)C.CCN(c1ccc(Nc2cc(Nc3c(OCCO)nn4ccccc34)c([N+](=O)[O-])cc2[N+](=O)[O-])cc1)C(C)C. The molecule has 8 rings (SSSR count). The third-order valence-corrected chi connectivity index (χ3v) is 11.7. The molecular weight excluding hydrogens is 949 g/mol. The molecule has 1 aliphatic carbocycles. The van der Waals surface area contributed by atoms with E-state index in [0.29, 0.717) is 57.6 Å². The highest BCUT2D eigenvalue weighted by Gasteiger charge is 2.27. The summed E-state index contributed by atoms with van der Waals surface area (Å²) in [6, 6.07) is 29.4. The van der Waals surface area contributed by atoms with Crippen molar-refractivity contribution < 1.29 is 29.5 Å². The summed E-state index contributed by atoms with van der Waals surface area (Å²) in [5, 5.41) is 68.7. The number of nitrogens with two attached hydrogens (primary N) is 1. The van der Waals surface area contributed by atoms with Crippen LogP contribution in [-0.4, -0.2) is 102 Å². The van der Waals surface area contributed by atoms with Crippen molar-refractivity contribution in [3.8, 4) is 11.8 Å². The van der Waals surface area contributed by atoms with Crippen molar-refractivity contribution in [1.29, 1.82) is 5.41 Å². The van der Waals surface area contributed by atoms with E-state index in [1.807, 2.05) is 42.5 Å². The highest BCUT2D eigenvalue weighted by atomic mass is 16.6. The number of aliphatic imine (C=N–C) groups is 1. The van der Waals surface area contributed by atoms with Crippen molar-refractivity contribution in [3.63, 3.8) is 0 Å². The van der Waals surface area contributed by atoms with Gasteiger partial charge in [-0.25, -0.2) is 14.0 Å². The van der Waals surface area contributed by atoms with Gasteiger partial charge in [-0.1, -0.05) is 12.1 Å². The number of aliphatic hydroxyl groups is 2. The number of pyridine rings is 2. The number of allylic oxidation sites excluding steroid dienone is 2. The number of aliphatic hydroxyl groups excluding tert-OH is 2. The Hall–Kier alpha value is -9.02. The number of ether oxygens (including phenoxy) is 2. The predicted molar refractivity (Wildman–Crippen MR) is 290 cm³/mol. The maximum Gasteiger partial charge on any atom is 0.299 e. The number of hydrogen-bond acceptors (Lipinski definition) is 18. The summed E-state index contributed by atoms with van der Waals surface area (Å²) in [4.78, 5) is 31.7. The molecule has 3 aromatic carbocycles. The minimum atomic E-state index is -0.695. The fraction of sp³-hybridized carbons (Fsp3) is 0.269. The highest BCUT2D eigenvalue weighted by molar-refractivity contribution is 6.24. The van der Waals surface area contributed by atoms with Crippen LogP contribution in [0.4, 0.5) is 56.9 Å². The molecule has 0 spiro atoms. The molecule has 4 heterocycles. The van der Waals surface area contributed by atoms with Gasteiger partial charge in [0.25, 0.3) is 23.1 Å². The van der Waals surface area contributed by atoms with Crippen LogP contribution < -0.4 is 41.0 Å². The molecule has 0 atom stereocenters. The molecule has 22 nitrogen and oxygen atoms in total. The summed E-state index contributed by atoms with van der Waals surface area (Å²) in [6.45, 7) is 14.1. The van der Waals surface area contributed by atoms with Crippen LogP contribution >= 0.6 is 0 Å². The van der Waals surface area contributed by atoms with Crippen LogP contribution in [0.5, 0.6) is 11.8 Å². The summed E-state index contributed by atoms with van der Waals surface area (Å²) in [5.74, 6) is 0.411. The normalized spacial score (nSPS) is 12.8. The summed E-state index contributed by atoms with van der Waals surface area (Å²) >= 11 is 0. The van der Waals surface area contributed by atoms with E-state index in [2.05, 4.69) is 89.6 Å². The Kier molecular flexibility index (Phi) is 17.1. The van der Waals surface area contributed by atoms with E-state index in [9.17, 15) is 30.4 Å². The van der Waals surface area contributed by atoms with E-state index in [-0.39, 0.29) is 49.4 Å². The monoisotopic (exact) mass is 1010 g/mol. The predicted octanol–water partition coefficient (Wildman–Crippen LogP) is 9.13. The molecule has 386 valence electrons. The Morgan fingerprint density at radius 1 is 0.703 bits per heavy atom. The zero-order valence-electron chi connectivity index (χ0n) is 41.9. The summed E-state index contributed by atoms with van der Waals surface area (Å²) in [7, 11) is 0. The van der Waals surface area contributed by atoms with Crippen LogP contribution in [0.25, 0.3) is 11.0 Å². The third kappa shape index (κ3) is 12.2. The standard InChI is InChI=1S/C26H29N7O6.C26H31N7O2/c1-4-30(17(2)3)19-10-8-18(9-11-19)27-20-15-21(24(33(37)38)16-23(20)32(35)36)28-25-22-7-5-6-12-31(22)29-26(25)39-14-13-34;1-4-32(17(2)3)19-10-8-18(9-11-19)29-22-16-23(21(28)15-20(22)27)30-25-24-7-5-6-12-33(24)31-26(25)35-14-13-34/h5-12,15-17,27-28,34H,4,13-14H2,1-3H3;5-12,15-17,27,29,34H,4,13-14,28H2,1-3H3. The molecule has 0 radical (unpaired) electrons. The molecule has 0 unspecified atom stereocenters. The van der Waals surface area contributed by atoms with Gasteiger partial charge in [0, 0.05) is 60.3 Å². The molecule has 0 aliphatic heterocycles. The second kappa shape index (κ2) is 23.9. The number of fused-ring (bicyclic) bond motifs is 2. The Bertz CT molecular complexity index is 3220. The molecule has 1 aliphatic rings. The smallest absolute Gasteiger partial charge is 0.299 e. The summed E-state index contributed by atoms with van der Waals surface area (Å²) < 4.78 is 14.3. The quantitative estimate of drug-likeness (QED) is 0.0201. The van der Waals surface area contributed by atoms with Crippen molar-refractivity contribution in [2.45, 2.75) is 53.6 Å². The number of nitro groups is 2. The number of rotatable bonds is 21. The largest absolute Gasteiger partial charge is 0.473 e. The number of nitrogens with one attached hydrogen (secondary N) is 4. The number of hydrogen-bond donors (Lipinski definition) is 7. The summed E-state index contributed by atoms with van der Waals surface area (Å²) in [5.41, 5.74) is 12.7. The minimum absolute atomic E-state index is 0.00529. The van der Waals surface area contributed by atoms with Crippen LogP contribution in [0.3, 0.4) is 0 Å². The average Bonchev–Trinajstić information content (AvgIpc) is 3.91. The van der Waals surface area contributed by atoms with Crippen LogP contribution in [-0.2, 0) is 0 Å². The van der Waals surface area contributed by atoms with Gasteiger partial charge in [0.2, 0.25) is 0 Å². The molecule has 22 heteroatoms. The number of nitro benzene ring substituents is 2. The molecule has 7 aromatic rings. The molecule has 8 N–H and O–H groups in total. The topological polar surface area (TPSA) is 285 Å². The molecule has 0 amide bonds. The second-order valence-electron chi connectivity index (χ2n) is 17.2. The van der Waals surface area contributed by atoms with E-state index in [4.69, 9.17) is 25.6 Å². The van der Waals surface area contributed by atoms with Crippen molar-refractivity contribution in [2.75, 3.05) is 65.3 Å². The third-order valence-electron chi connectivity index (χ3n) is 11.7. The number of anilines is 7. The van der Waals surface area contributed by atoms with Crippen molar-refractivity contribution in [2.24, 2.45) is 10.7 Å². The molecule has 0 saturated heterocycles. The van der Waals surface area contributed by atoms with Gasteiger partial charge in [0.1, 0.15) is 30.3 Å².